The first-order valence-electron chi connectivity index (χ1n) is 5.92. The van der Waals surface area contributed by atoms with Crippen LogP contribution in [0.4, 0.5) is 4.39 Å². The second-order valence-electron chi connectivity index (χ2n) is 4.12. The first-order valence-corrected chi connectivity index (χ1v) is 5.92. The van der Waals surface area contributed by atoms with Gasteiger partial charge in [0.25, 0.3) is 5.91 Å². The number of halogens is 1. The molecule has 3 rings (SSSR count). The lowest BCUT2D eigenvalue weighted by molar-refractivity contribution is 0.0959. The zero-order chi connectivity index (χ0) is 14.1. The van der Waals surface area contributed by atoms with E-state index in [4.69, 9.17) is 4.42 Å². The van der Waals surface area contributed by atoms with Crippen LogP contribution in [-0.2, 0) is 0 Å². The Morgan fingerprint density at radius 2 is 2.20 bits per heavy atom. The summed E-state index contributed by atoms with van der Waals surface area (Å²) in [6.07, 6.45) is 1.60. The monoisotopic (exact) mass is 271 g/mol. The van der Waals surface area contributed by atoms with E-state index in [0.717, 1.165) is 0 Å². The molecule has 0 aliphatic rings. The van der Waals surface area contributed by atoms with E-state index in [9.17, 15) is 9.18 Å². The molecule has 0 atom stereocenters. The van der Waals surface area contributed by atoms with Crippen LogP contribution in [0.5, 0.6) is 0 Å². The molecule has 0 fully saturated rings. The Bertz CT molecular complexity index is 765. The van der Waals surface area contributed by atoms with Gasteiger partial charge in [0.1, 0.15) is 5.82 Å². The van der Waals surface area contributed by atoms with Crippen LogP contribution in [0.2, 0.25) is 0 Å². The maximum absolute atomic E-state index is 13.9. The van der Waals surface area contributed by atoms with Crippen molar-refractivity contribution in [2.24, 2.45) is 0 Å². The number of carbonyl (C=O) groups excluding carboxylic acids is 1. The molecule has 0 saturated carbocycles. The second kappa shape index (κ2) is 4.73. The predicted octanol–water partition coefficient (Wildman–Crippen LogP) is 2.39. The molecule has 1 aromatic carbocycles. The Kier molecular flexibility index (Phi) is 2.90. The van der Waals surface area contributed by atoms with Gasteiger partial charge in [0.2, 0.25) is 5.89 Å². The second-order valence-corrected chi connectivity index (χ2v) is 4.12. The number of aromatic nitrogens is 2. The van der Waals surface area contributed by atoms with E-state index in [2.05, 4.69) is 15.3 Å². The molecule has 3 aromatic rings. The Labute approximate surface area is 113 Å². The van der Waals surface area contributed by atoms with Gasteiger partial charge in [0, 0.05) is 18.8 Å². The summed E-state index contributed by atoms with van der Waals surface area (Å²) < 4.78 is 19.4. The highest BCUT2D eigenvalue weighted by molar-refractivity contribution is 5.94. The molecule has 2 heterocycles. The van der Waals surface area contributed by atoms with E-state index in [1.165, 1.54) is 19.2 Å². The quantitative estimate of drug-likeness (QED) is 0.777. The van der Waals surface area contributed by atoms with Crippen molar-refractivity contribution in [3.8, 4) is 11.5 Å². The largest absolute Gasteiger partial charge is 0.434 e. The summed E-state index contributed by atoms with van der Waals surface area (Å²) in [6, 6.07) is 7.65. The zero-order valence-corrected chi connectivity index (χ0v) is 10.6. The summed E-state index contributed by atoms with van der Waals surface area (Å²) in [5.74, 6) is -0.841. The van der Waals surface area contributed by atoms with Gasteiger partial charge >= 0.3 is 0 Å². The van der Waals surface area contributed by atoms with Crippen LogP contribution >= 0.6 is 0 Å². The number of fused-ring (bicyclic) bond motifs is 1. The van der Waals surface area contributed by atoms with Crippen molar-refractivity contribution in [2.75, 3.05) is 7.05 Å². The van der Waals surface area contributed by atoms with E-state index in [0.29, 0.717) is 16.8 Å². The molecule has 0 radical (unpaired) electrons. The third-order valence-corrected chi connectivity index (χ3v) is 2.85. The lowest BCUT2D eigenvalue weighted by Crippen LogP contribution is -2.19. The minimum absolute atomic E-state index is 0.0227. The Hall–Kier alpha value is -2.76. The molecule has 6 heteroatoms. The van der Waals surface area contributed by atoms with Gasteiger partial charge in [-0.1, -0.05) is 0 Å². The molecule has 0 saturated heterocycles. The number of nitrogens with zero attached hydrogens (tertiary/aromatic N) is 2. The number of hydrogen-bond acceptors (Lipinski definition) is 4. The van der Waals surface area contributed by atoms with Crippen molar-refractivity contribution < 1.29 is 13.6 Å². The molecule has 0 spiro atoms. The normalized spacial score (nSPS) is 10.7. The third kappa shape index (κ3) is 2.01. The van der Waals surface area contributed by atoms with E-state index < -0.39 is 11.7 Å². The van der Waals surface area contributed by atoms with E-state index >= 15 is 0 Å². The average Bonchev–Trinajstić information content (AvgIpc) is 2.90. The molecule has 100 valence electrons. The smallest absolute Gasteiger partial charge is 0.253 e. The topological polar surface area (TPSA) is 68.0 Å². The number of amides is 1. The van der Waals surface area contributed by atoms with Crippen LogP contribution in [0.3, 0.4) is 0 Å². The van der Waals surface area contributed by atoms with Crippen LogP contribution in [0.25, 0.3) is 22.7 Å². The lowest BCUT2D eigenvalue weighted by Gasteiger charge is -2.02. The van der Waals surface area contributed by atoms with Crippen molar-refractivity contribution in [3.05, 3.63) is 47.9 Å². The minimum Gasteiger partial charge on any atom is -0.434 e. The summed E-state index contributed by atoms with van der Waals surface area (Å²) in [5, 5.41) is 2.37. The molecule has 2 aromatic heterocycles. The van der Waals surface area contributed by atoms with Crippen LogP contribution in [0.15, 0.2) is 40.9 Å². The average molecular weight is 271 g/mol. The number of oxazole rings is 1. The molecule has 0 aliphatic carbocycles. The number of benzene rings is 1. The predicted molar refractivity (Wildman–Crippen MR) is 70.6 cm³/mol. The van der Waals surface area contributed by atoms with Crippen LogP contribution in [0.1, 0.15) is 10.4 Å². The van der Waals surface area contributed by atoms with Gasteiger partial charge in [-0.05, 0) is 30.3 Å². The SMILES string of the molecule is CNC(=O)c1ccc(-c2nc3ncccc3o2)cc1F. The van der Waals surface area contributed by atoms with Crippen molar-refractivity contribution in [2.45, 2.75) is 0 Å². The summed E-state index contributed by atoms with van der Waals surface area (Å²) in [4.78, 5) is 19.6. The van der Waals surface area contributed by atoms with E-state index in [1.54, 1.807) is 24.4 Å². The number of pyridine rings is 1. The Balaban J connectivity index is 2.06. The summed E-state index contributed by atoms with van der Waals surface area (Å²) in [5.41, 5.74) is 1.41. The fraction of sp³-hybridized carbons (Fsp3) is 0.0714. The Morgan fingerprint density at radius 3 is 2.90 bits per heavy atom. The van der Waals surface area contributed by atoms with Gasteiger partial charge in [-0.2, -0.15) is 4.98 Å². The maximum Gasteiger partial charge on any atom is 0.253 e. The zero-order valence-electron chi connectivity index (χ0n) is 10.6. The van der Waals surface area contributed by atoms with Crippen LogP contribution in [0, 0.1) is 5.82 Å². The van der Waals surface area contributed by atoms with Crippen LogP contribution < -0.4 is 5.32 Å². The van der Waals surface area contributed by atoms with Crippen molar-refractivity contribution in [1.82, 2.24) is 15.3 Å². The van der Waals surface area contributed by atoms with E-state index in [-0.39, 0.29) is 11.5 Å². The fourth-order valence-electron chi connectivity index (χ4n) is 1.86. The first kappa shape index (κ1) is 12.3. The Morgan fingerprint density at radius 1 is 1.35 bits per heavy atom. The summed E-state index contributed by atoms with van der Waals surface area (Å²) in [6.45, 7) is 0. The van der Waals surface area contributed by atoms with Crippen molar-refractivity contribution in [1.29, 1.82) is 0 Å². The van der Waals surface area contributed by atoms with Gasteiger partial charge in [0.15, 0.2) is 11.2 Å². The van der Waals surface area contributed by atoms with Gasteiger partial charge in [-0.3, -0.25) is 4.79 Å². The molecule has 5 nitrogen and oxygen atoms in total. The number of carbonyl (C=O) groups is 1. The molecule has 1 N–H and O–H groups in total. The highest BCUT2D eigenvalue weighted by atomic mass is 19.1. The molecule has 20 heavy (non-hydrogen) atoms. The number of hydrogen-bond donors (Lipinski definition) is 1. The lowest BCUT2D eigenvalue weighted by atomic mass is 10.1. The van der Waals surface area contributed by atoms with Crippen molar-refractivity contribution in [3.63, 3.8) is 0 Å². The number of rotatable bonds is 2. The van der Waals surface area contributed by atoms with Crippen LogP contribution in [-0.4, -0.2) is 22.9 Å². The van der Waals surface area contributed by atoms with Gasteiger partial charge in [-0.15, -0.1) is 0 Å². The molecule has 0 bridgehead atoms. The highest BCUT2D eigenvalue weighted by Crippen LogP contribution is 2.24. The third-order valence-electron chi connectivity index (χ3n) is 2.85. The summed E-state index contributed by atoms with van der Waals surface area (Å²) in [7, 11) is 1.45. The van der Waals surface area contributed by atoms with Gasteiger partial charge in [-0.25, -0.2) is 9.37 Å². The molecular formula is C14H10FN3O2. The number of nitrogens with one attached hydrogen (secondary N) is 1. The first-order chi connectivity index (χ1) is 9.69. The summed E-state index contributed by atoms with van der Waals surface area (Å²) >= 11 is 0. The van der Waals surface area contributed by atoms with Crippen molar-refractivity contribution >= 4 is 17.1 Å². The van der Waals surface area contributed by atoms with Gasteiger partial charge in [0.05, 0.1) is 5.56 Å². The molecule has 0 unspecified atom stereocenters. The highest BCUT2D eigenvalue weighted by Gasteiger charge is 2.14. The molecule has 0 aliphatic heterocycles. The maximum atomic E-state index is 13.9. The van der Waals surface area contributed by atoms with Gasteiger partial charge < -0.3 is 9.73 Å². The van der Waals surface area contributed by atoms with E-state index in [1.807, 2.05) is 0 Å². The molecular weight excluding hydrogens is 261 g/mol. The standard InChI is InChI=1S/C14H10FN3O2/c1-16-13(19)9-5-4-8(7-10(9)15)14-18-12-11(20-14)3-2-6-17-12/h2-7H,1H3,(H,16,19). The minimum atomic E-state index is -0.628. The molecule has 1 amide bonds. The fourth-order valence-corrected chi connectivity index (χ4v) is 1.86.